The molecule has 0 bridgehead atoms. The normalized spacial score (nSPS) is 30.0. The molecule has 0 aliphatic heterocycles. The van der Waals surface area contributed by atoms with Crippen LogP contribution in [0.5, 0.6) is 17.2 Å². The summed E-state index contributed by atoms with van der Waals surface area (Å²) in [5.74, 6) is -2.42. The van der Waals surface area contributed by atoms with E-state index in [1.54, 1.807) is 6.92 Å². The van der Waals surface area contributed by atoms with Crippen LogP contribution < -0.4 is 4.74 Å². The molecule has 8 nitrogen and oxygen atoms in total. The van der Waals surface area contributed by atoms with Crippen LogP contribution in [-0.2, 0) is 0 Å². The van der Waals surface area contributed by atoms with Gasteiger partial charge in [0.05, 0.1) is 6.10 Å². The van der Waals surface area contributed by atoms with Gasteiger partial charge in [0.2, 0.25) is 0 Å². The van der Waals surface area contributed by atoms with Crippen molar-refractivity contribution in [2.75, 3.05) is 6.61 Å². The van der Waals surface area contributed by atoms with Crippen molar-refractivity contribution in [1.29, 1.82) is 0 Å². The molecular weight excluding hydrogens is 344 g/mol. The van der Waals surface area contributed by atoms with Gasteiger partial charge in [-0.3, -0.25) is 4.79 Å². The van der Waals surface area contributed by atoms with Gasteiger partial charge in [0.15, 0.2) is 5.78 Å². The summed E-state index contributed by atoms with van der Waals surface area (Å²) < 4.78 is 5.65. The van der Waals surface area contributed by atoms with Crippen molar-refractivity contribution in [2.45, 2.75) is 51.1 Å². The number of ketones is 1. The van der Waals surface area contributed by atoms with Gasteiger partial charge in [-0.05, 0) is 12.8 Å². The SMILES string of the molecule is CCC(C)C(=O)c1c(O)cc(O)cc1O[C@@H]1CC(CO)[C@H](O)[C@H](O)[C@@H]1O. The standard InChI is InChI=1S/C18H26O8/c1-3-8(2)15(22)14-11(21)5-10(20)6-12(14)26-13-4-9(7-19)16(23)18(25)17(13)24/h5-6,8-9,13,16-21,23-25H,3-4,7H2,1-2H3/t8?,9?,13-,16+,17-,18+/m1/s1. The van der Waals surface area contributed by atoms with E-state index in [0.29, 0.717) is 6.42 Å². The maximum absolute atomic E-state index is 12.6. The minimum Gasteiger partial charge on any atom is -0.508 e. The molecule has 1 aliphatic carbocycles. The van der Waals surface area contributed by atoms with Crippen LogP contribution in [0, 0.1) is 11.8 Å². The number of hydrogen-bond acceptors (Lipinski definition) is 8. The Morgan fingerprint density at radius 1 is 1.19 bits per heavy atom. The van der Waals surface area contributed by atoms with Crippen LogP contribution in [0.25, 0.3) is 0 Å². The number of aliphatic hydroxyl groups is 4. The molecule has 2 unspecified atom stereocenters. The van der Waals surface area contributed by atoms with Crippen molar-refractivity contribution >= 4 is 5.78 Å². The number of Topliss-reactive ketones (excluding diaryl/α,β-unsaturated/α-hetero) is 1. The number of benzene rings is 1. The van der Waals surface area contributed by atoms with Crippen LogP contribution in [-0.4, -0.2) is 67.4 Å². The van der Waals surface area contributed by atoms with Crippen molar-refractivity contribution in [3.63, 3.8) is 0 Å². The molecule has 0 radical (unpaired) electrons. The monoisotopic (exact) mass is 370 g/mol. The fourth-order valence-corrected chi connectivity index (χ4v) is 3.10. The predicted octanol–water partition coefficient (Wildman–Crippen LogP) is 0.169. The maximum atomic E-state index is 12.6. The lowest BCUT2D eigenvalue weighted by molar-refractivity contribution is -0.157. The molecule has 1 aromatic rings. The Morgan fingerprint density at radius 3 is 2.42 bits per heavy atom. The molecule has 8 heteroatoms. The summed E-state index contributed by atoms with van der Waals surface area (Å²) in [4.78, 5) is 12.6. The van der Waals surface area contributed by atoms with Crippen LogP contribution in [0.15, 0.2) is 12.1 Å². The molecule has 1 aromatic carbocycles. The van der Waals surface area contributed by atoms with E-state index in [0.717, 1.165) is 12.1 Å². The lowest BCUT2D eigenvalue weighted by Gasteiger charge is -2.39. The first-order chi connectivity index (χ1) is 12.2. The van der Waals surface area contributed by atoms with Gasteiger partial charge in [-0.15, -0.1) is 0 Å². The van der Waals surface area contributed by atoms with E-state index in [-0.39, 0.29) is 29.3 Å². The molecule has 0 amide bonds. The minimum absolute atomic E-state index is 0.0171. The fraction of sp³-hybridized carbons (Fsp3) is 0.611. The van der Waals surface area contributed by atoms with E-state index < -0.39 is 48.6 Å². The smallest absolute Gasteiger partial charge is 0.173 e. The van der Waals surface area contributed by atoms with Crippen LogP contribution >= 0.6 is 0 Å². The zero-order valence-corrected chi connectivity index (χ0v) is 14.7. The molecular formula is C18H26O8. The van der Waals surface area contributed by atoms with Gasteiger partial charge < -0.3 is 35.4 Å². The number of phenols is 2. The first kappa shape index (κ1) is 20.4. The molecule has 146 valence electrons. The van der Waals surface area contributed by atoms with Crippen molar-refractivity contribution in [1.82, 2.24) is 0 Å². The molecule has 0 saturated heterocycles. The summed E-state index contributed by atoms with van der Waals surface area (Å²) >= 11 is 0. The third-order valence-corrected chi connectivity index (χ3v) is 4.98. The van der Waals surface area contributed by atoms with Crippen molar-refractivity contribution in [3.05, 3.63) is 17.7 Å². The lowest BCUT2D eigenvalue weighted by atomic mass is 9.81. The summed E-state index contributed by atoms with van der Waals surface area (Å²) in [6, 6.07) is 2.17. The zero-order valence-electron chi connectivity index (χ0n) is 14.7. The topological polar surface area (TPSA) is 148 Å². The van der Waals surface area contributed by atoms with E-state index in [1.165, 1.54) is 0 Å². The second kappa shape index (κ2) is 8.22. The highest BCUT2D eigenvalue weighted by Crippen LogP contribution is 2.37. The third-order valence-electron chi connectivity index (χ3n) is 4.98. The molecule has 26 heavy (non-hydrogen) atoms. The number of aliphatic hydroxyl groups excluding tert-OH is 4. The van der Waals surface area contributed by atoms with Gasteiger partial charge >= 0.3 is 0 Å². The number of hydrogen-bond donors (Lipinski definition) is 6. The van der Waals surface area contributed by atoms with Gasteiger partial charge in [0, 0.05) is 30.6 Å². The first-order valence-electron chi connectivity index (χ1n) is 8.63. The van der Waals surface area contributed by atoms with E-state index >= 15 is 0 Å². The first-order valence-corrected chi connectivity index (χ1v) is 8.63. The Morgan fingerprint density at radius 2 is 1.85 bits per heavy atom. The van der Waals surface area contributed by atoms with Crippen LogP contribution in [0.1, 0.15) is 37.0 Å². The summed E-state index contributed by atoms with van der Waals surface area (Å²) in [7, 11) is 0. The van der Waals surface area contributed by atoms with Crippen molar-refractivity contribution in [3.8, 4) is 17.2 Å². The minimum atomic E-state index is -1.54. The molecule has 2 rings (SSSR count). The lowest BCUT2D eigenvalue weighted by Crippen LogP contribution is -2.56. The summed E-state index contributed by atoms with van der Waals surface area (Å²) in [6.45, 7) is 3.08. The third kappa shape index (κ3) is 3.93. The van der Waals surface area contributed by atoms with Gasteiger partial charge in [-0.1, -0.05) is 13.8 Å². The second-order valence-electron chi connectivity index (χ2n) is 6.82. The van der Waals surface area contributed by atoms with E-state index in [2.05, 4.69) is 0 Å². The number of rotatable bonds is 6. The van der Waals surface area contributed by atoms with E-state index in [4.69, 9.17) is 4.74 Å². The van der Waals surface area contributed by atoms with Gasteiger partial charge in [0.25, 0.3) is 0 Å². The Balaban J connectivity index is 2.37. The van der Waals surface area contributed by atoms with Crippen molar-refractivity contribution in [2.24, 2.45) is 11.8 Å². The Bertz CT molecular complexity index is 644. The number of carbonyl (C=O) groups excluding carboxylic acids is 1. The molecule has 0 aromatic heterocycles. The highest BCUT2D eigenvalue weighted by atomic mass is 16.5. The number of phenolic OH excluding ortho intramolecular Hbond substituents is 2. The molecule has 0 heterocycles. The Kier molecular flexibility index (Phi) is 6.46. The van der Waals surface area contributed by atoms with Gasteiger partial charge in [-0.2, -0.15) is 0 Å². The summed E-state index contributed by atoms with van der Waals surface area (Å²) in [5.41, 5.74) is -0.120. The number of ether oxygens (including phenoxy) is 1. The average Bonchev–Trinajstić information content (AvgIpc) is 2.60. The Labute approximate surface area is 151 Å². The molecule has 6 N–H and O–H groups in total. The molecule has 1 saturated carbocycles. The largest absolute Gasteiger partial charge is 0.508 e. The fourth-order valence-electron chi connectivity index (χ4n) is 3.10. The van der Waals surface area contributed by atoms with Crippen LogP contribution in [0.4, 0.5) is 0 Å². The van der Waals surface area contributed by atoms with E-state index in [9.17, 15) is 35.4 Å². The molecule has 6 atom stereocenters. The van der Waals surface area contributed by atoms with Crippen molar-refractivity contribution < 1.29 is 40.2 Å². The van der Waals surface area contributed by atoms with Crippen LogP contribution in [0.2, 0.25) is 0 Å². The summed E-state index contributed by atoms with van der Waals surface area (Å²) in [6.07, 6.45) is -4.82. The van der Waals surface area contributed by atoms with E-state index in [1.807, 2.05) is 6.92 Å². The number of aromatic hydroxyl groups is 2. The molecule has 0 spiro atoms. The van der Waals surface area contributed by atoms with Gasteiger partial charge in [-0.25, -0.2) is 0 Å². The molecule has 1 fully saturated rings. The quantitative estimate of drug-likeness (QED) is 0.388. The zero-order chi connectivity index (χ0) is 19.6. The molecule has 1 aliphatic rings. The average molecular weight is 370 g/mol. The predicted molar refractivity (Wildman–Crippen MR) is 91.2 cm³/mol. The highest BCUT2D eigenvalue weighted by molar-refractivity contribution is 6.02. The number of carbonyl (C=O) groups is 1. The highest BCUT2D eigenvalue weighted by Gasteiger charge is 2.44. The maximum Gasteiger partial charge on any atom is 0.173 e. The van der Waals surface area contributed by atoms with Crippen LogP contribution in [0.3, 0.4) is 0 Å². The Hall–Kier alpha value is -1.87. The second-order valence-corrected chi connectivity index (χ2v) is 6.82. The summed E-state index contributed by atoms with van der Waals surface area (Å²) in [5, 5.41) is 59.2. The van der Waals surface area contributed by atoms with Gasteiger partial charge in [0.1, 0.15) is 41.1 Å².